The first-order chi connectivity index (χ1) is 10.2. The van der Waals surface area contributed by atoms with E-state index in [1.54, 1.807) is 0 Å². The highest BCUT2D eigenvalue weighted by Gasteiger charge is 2.51. The molecule has 116 valence electrons. The second kappa shape index (κ2) is 5.93. The van der Waals surface area contributed by atoms with Crippen molar-refractivity contribution in [3.63, 3.8) is 0 Å². The van der Waals surface area contributed by atoms with E-state index in [9.17, 15) is 4.39 Å². The van der Waals surface area contributed by atoms with Crippen molar-refractivity contribution >= 4 is 0 Å². The summed E-state index contributed by atoms with van der Waals surface area (Å²) in [5.74, 6) is 0.463. The Labute approximate surface area is 125 Å². The summed E-state index contributed by atoms with van der Waals surface area (Å²) in [7, 11) is 0. The molecular weight excluding hydrogens is 269 g/mol. The number of halogens is 1. The van der Waals surface area contributed by atoms with E-state index in [-0.39, 0.29) is 23.6 Å². The molecular formula is C17H24FNO2. The molecule has 1 atom stereocenters. The van der Waals surface area contributed by atoms with Crippen LogP contribution in [0.4, 0.5) is 4.39 Å². The lowest BCUT2D eigenvalue weighted by Crippen LogP contribution is -2.56. The molecule has 0 saturated heterocycles. The van der Waals surface area contributed by atoms with Crippen molar-refractivity contribution < 1.29 is 13.9 Å². The summed E-state index contributed by atoms with van der Waals surface area (Å²) in [5.41, 5.74) is 0.904. The third-order valence-electron chi connectivity index (χ3n) is 4.50. The third-order valence-corrected chi connectivity index (χ3v) is 4.50. The van der Waals surface area contributed by atoms with Crippen molar-refractivity contribution in [3.8, 4) is 5.75 Å². The van der Waals surface area contributed by atoms with E-state index < -0.39 is 0 Å². The number of ether oxygens (including phenoxy) is 2. The molecule has 1 aliphatic carbocycles. The Bertz CT molecular complexity index is 500. The summed E-state index contributed by atoms with van der Waals surface area (Å²) in [6.07, 6.45) is 4.12. The third kappa shape index (κ3) is 2.92. The second-order valence-electron chi connectivity index (χ2n) is 6.16. The normalized spacial score (nSPS) is 30.6. The van der Waals surface area contributed by atoms with Crippen molar-refractivity contribution in [2.75, 3.05) is 13.2 Å². The Hall–Kier alpha value is -1.13. The topological polar surface area (TPSA) is 30.5 Å². The maximum atomic E-state index is 13.5. The molecule has 3 rings (SSSR count). The zero-order chi connectivity index (χ0) is 14.9. The van der Waals surface area contributed by atoms with E-state index in [4.69, 9.17) is 9.47 Å². The SMILES string of the molecule is CCCNC1CC2(CC(OCC)C2)Oc2cc(F)ccc21. The molecule has 1 spiro atoms. The van der Waals surface area contributed by atoms with Gasteiger partial charge in [0.15, 0.2) is 0 Å². The Morgan fingerprint density at radius 1 is 1.33 bits per heavy atom. The summed E-state index contributed by atoms with van der Waals surface area (Å²) in [4.78, 5) is 0. The molecule has 1 fully saturated rings. The van der Waals surface area contributed by atoms with Gasteiger partial charge in [-0.25, -0.2) is 4.39 Å². The van der Waals surface area contributed by atoms with E-state index in [0.717, 1.165) is 44.4 Å². The highest BCUT2D eigenvalue weighted by atomic mass is 19.1. The summed E-state index contributed by atoms with van der Waals surface area (Å²) in [6.45, 7) is 5.88. The Morgan fingerprint density at radius 3 is 2.86 bits per heavy atom. The van der Waals surface area contributed by atoms with Gasteiger partial charge in [-0.05, 0) is 26.0 Å². The lowest BCUT2D eigenvalue weighted by Gasteiger charge is -2.51. The monoisotopic (exact) mass is 293 g/mol. The first-order valence-corrected chi connectivity index (χ1v) is 7.99. The fourth-order valence-electron chi connectivity index (χ4n) is 3.52. The first kappa shape index (κ1) is 14.8. The van der Waals surface area contributed by atoms with Gasteiger partial charge in [0.2, 0.25) is 0 Å². The van der Waals surface area contributed by atoms with Crippen molar-refractivity contribution in [1.82, 2.24) is 5.32 Å². The van der Waals surface area contributed by atoms with Gasteiger partial charge in [-0.3, -0.25) is 0 Å². The Kier molecular flexibility index (Phi) is 4.18. The van der Waals surface area contributed by atoms with E-state index >= 15 is 0 Å². The molecule has 0 radical (unpaired) electrons. The van der Waals surface area contributed by atoms with Crippen LogP contribution in [-0.2, 0) is 4.74 Å². The maximum absolute atomic E-state index is 13.5. The van der Waals surface area contributed by atoms with Gasteiger partial charge in [-0.2, -0.15) is 0 Å². The molecule has 1 unspecified atom stereocenters. The van der Waals surface area contributed by atoms with Crippen LogP contribution in [0.5, 0.6) is 5.75 Å². The Morgan fingerprint density at radius 2 is 2.14 bits per heavy atom. The maximum Gasteiger partial charge on any atom is 0.127 e. The van der Waals surface area contributed by atoms with Crippen molar-refractivity contribution in [1.29, 1.82) is 0 Å². The van der Waals surface area contributed by atoms with Crippen LogP contribution in [0.25, 0.3) is 0 Å². The number of fused-ring (bicyclic) bond motifs is 1. The minimum atomic E-state index is -0.235. The van der Waals surface area contributed by atoms with Gasteiger partial charge >= 0.3 is 0 Å². The second-order valence-corrected chi connectivity index (χ2v) is 6.16. The standard InChI is InChI=1S/C17H24FNO2/c1-3-7-19-15-11-17(9-13(10-17)20-4-2)21-16-8-12(18)5-6-14(15)16/h5-6,8,13,15,19H,3-4,7,9-11H2,1-2H3. The predicted molar refractivity (Wildman–Crippen MR) is 80.1 cm³/mol. The van der Waals surface area contributed by atoms with Gasteiger partial charge in [-0.1, -0.05) is 13.0 Å². The lowest BCUT2D eigenvalue weighted by atomic mass is 9.71. The number of rotatable bonds is 5. The van der Waals surface area contributed by atoms with Crippen LogP contribution in [0.3, 0.4) is 0 Å². The average molecular weight is 293 g/mol. The van der Waals surface area contributed by atoms with E-state index in [1.165, 1.54) is 12.1 Å². The zero-order valence-electron chi connectivity index (χ0n) is 12.8. The molecule has 1 saturated carbocycles. The molecule has 0 amide bonds. The van der Waals surface area contributed by atoms with Crippen molar-refractivity contribution in [3.05, 3.63) is 29.6 Å². The molecule has 1 heterocycles. The fraction of sp³-hybridized carbons (Fsp3) is 0.647. The highest BCUT2D eigenvalue weighted by Crippen LogP contribution is 2.49. The van der Waals surface area contributed by atoms with Crippen LogP contribution in [0.1, 0.15) is 51.1 Å². The van der Waals surface area contributed by atoms with Crippen LogP contribution in [-0.4, -0.2) is 24.9 Å². The molecule has 0 aromatic heterocycles. The van der Waals surface area contributed by atoms with Crippen LogP contribution in [0.2, 0.25) is 0 Å². The van der Waals surface area contributed by atoms with Gasteiger partial charge in [0.25, 0.3) is 0 Å². The molecule has 0 bridgehead atoms. The summed E-state index contributed by atoms with van der Waals surface area (Å²) >= 11 is 0. The van der Waals surface area contributed by atoms with E-state index in [2.05, 4.69) is 12.2 Å². The summed E-state index contributed by atoms with van der Waals surface area (Å²) < 4.78 is 25.3. The zero-order valence-corrected chi connectivity index (χ0v) is 12.8. The van der Waals surface area contributed by atoms with Crippen LogP contribution < -0.4 is 10.1 Å². The molecule has 1 aliphatic heterocycles. The van der Waals surface area contributed by atoms with Gasteiger partial charge in [0.05, 0.1) is 6.10 Å². The van der Waals surface area contributed by atoms with Gasteiger partial charge < -0.3 is 14.8 Å². The number of hydrogen-bond acceptors (Lipinski definition) is 3. The largest absolute Gasteiger partial charge is 0.487 e. The van der Waals surface area contributed by atoms with Crippen LogP contribution >= 0.6 is 0 Å². The predicted octanol–water partition coefficient (Wildman–Crippen LogP) is 3.59. The van der Waals surface area contributed by atoms with Gasteiger partial charge in [0, 0.05) is 43.5 Å². The summed E-state index contributed by atoms with van der Waals surface area (Å²) in [5, 5.41) is 3.57. The van der Waals surface area contributed by atoms with Gasteiger partial charge in [0.1, 0.15) is 17.2 Å². The minimum Gasteiger partial charge on any atom is -0.487 e. The fourth-order valence-corrected chi connectivity index (χ4v) is 3.52. The minimum absolute atomic E-state index is 0.175. The lowest BCUT2D eigenvalue weighted by molar-refractivity contribution is -0.135. The number of benzene rings is 1. The molecule has 21 heavy (non-hydrogen) atoms. The van der Waals surface area contributed by atoms with Crippen molar-refractivity contribution in [2.45, 2.75) is 57.3 Å². The summed E-state index contributed by atoms with van der Waals surface area (Å²) in [6, 6.07) is 5.14. The van der Waals surface area contributed by atoms with E-state index in [1.807, 2.05) is 13.0 Å². The van der Waals surface area contributed by atoms with Crippen LogP contribution in [0, 0.1) is 5.82 Å². The smallest absolute Gasteiger partial charge is 0.127 e. The first-order valence-electron chi connectivity index (χ1n) is 7.99. The highest BCUT2D eigenvalue weighted by molar-refractivity contribution is 5.40. The quantitative estimate of drug-likeness (QED) is 0.900. The number of hydrogen-bond donors (Lipinski definition) is 1. The average Bonchev–Trinajstić information content (AvgIpc) is 2.43. The molecule has 3 nitrogen and oxygen atoms in total. The molecule has 4 heteroatoms. The van der Waals surface area contributed by atoms with Crippen molar-refractivity contribution in [2.24, 2.45) is 0 Å². The molecule has 1 aromatic carbocycles. The number of nitrogens with one attached hydrogen (secondary N) is 1. The van der Waals surface area contributed by atoms with Crippen LogP contribution in [0.15, 0.2) is 18.2 Å². The van der Waals surface area contributed by atoms with Gasteiger partial charge in [-0.15, -0.1) is 0 Å². The Balaban J connectivity index is 1.79. The van der Waals surface area contributed by atoms with E-state index in [0.29, 0.717) is 5.75 Å². The molecule has 1 aromatic rings. The molecule has 2 aliphatic rings. The molecule has 1 N–H and O–H groups in total.